The maximum atomic E-state index is 10.3. The highest BCUT2D eigenvalue weighted by atomic mass is 16.5. The summed E-state index contributed by atoms with van der Waals surface area (Å²) in [4.78, 5) is 0. The Morgan fingerprint density at radius 1 is 1.18 bits per heavy atom. The Morgan fingerprint density at radius 3 is 2.88 bits per heavy atom. The molecule has 1 aromatic rings. The van der Waals surface area contributed by atoms with Crippen LogP contribution in [0.5, 0.6) is 5.75 Å². The first kappa shape index (κ1) is 11.1. The molecule has 3 heteroatoms. The van der Waals surface area contributed by atoms with Gasteiger partial charge in [0.2, 0.25) is 0 Å². The number of fused-ring (bicyclic) bond motifs is 1. The monoisotopic (exact) mass is 234 g/mol. The molecular formula is C14H18O3. The summed E-state index contributed by atoms with van der Waals surface area (Å²) in [5, 5.41) is 10.3. The highest BCUT2D eigenvalue weighted by Crippen LogP contribution is 2.31. The second kappa shape index (κ2) is 4.67. The van der Waals surface area contributed by atoms with Gasteiger partial charge in [0, 0.05) is 18.4 Å². The summed E-state index contributed by atoms with van der Waals surface area (Å²) in [6.07, 6.45) is 1.58. The summed E-state index contributed by atoms with van der Waals surface area (Å²) in [7, 11) is 0. The summed E-state index contributed by atoms with van der Waals surface area (Å²) in [6, 6.07) is 8.09. The van der Waals surface area contributed by atoms with E-state index in [2.05, 4.69) is 6.07 Å². The van der Waals surface area contributed by atoms with Crippen molar-refractivity contribution in [3.8, 4) is 5.75 Å². The van der Waals surface area contributed by atoms with Gasteiger partial charge in [0.25, 0.3) is 0 Å². The fraction of sp³-hybridized carbons (Fsp3) is 0.571. The molecule has 0 saturated carbocycles. The zero-order chi connectivity index (χ0) is 11.7. The minimum atomic E-state index is -0.300. The lowest BCUT2D eigenvalue weighted by Crippen LogP contribution is -2.37. The van der Waals surface area contributed by atoms with Gasteiger partial charge in [-0.25, -0.2) is 0 Å². The molecule has 17 heavy (non-hydrogen) atoms. The van der Waals surface area contributed by atoms with Crippen molar-refractivity contribution in [3.05, 3.63) is 29.8 Å². The quantitative estimate of drug-likeness (QED) is 0.845. The van der Waals surface area contributed by atoms with Gasteiger partial charge in [-0.05, 0) is 24.5 Å². The van der Waals surface area contributed by atoms with Crippen LogP contribution in [0.1, 0.15) is 12.0 Å². The zero-order valence-electron chi connectivity index (χ0n) is 9.84. The number of hydrogen-bond donors (Lipinski definition) is 1. The highest BCUT2D eigenvalue weighted by molar-refractivity contribution is 5.35. The molecule has 2 aliphatic rings. The first-order chi connectivity index (χ1) is 8.34. The first-order valence-electron chi connectivity index (χ1n) is 6.31. The molecule has 1 saturated heterocycles. The number of ether oxygens (including phenoxy) is 2. The van der Waals surface area contributed by atoms with E-state index in [9.17, 15) is 5.11 Å². The van der Waals surface area contributed by atoms with Crippen molar-refractivity contribution in [2.45, 2.75) is 18.9 Å². The van der Waals surface area contributed by atoms with Gasteiger partial charge in [0.15, 0.2) is 0 Å². The Labute approximate surface area is 101 Å². The summed E-state index contributed by atoms with van der Waals surface area (Å²) in [6.45, 7) is 2.10. The molecule has 3 nitrogen and oxygen atoms in total. The molecule has 1 N–H and O–H groups in total. The molecule has 3 rings (SSSR count). The van der Waals surface area contributed by atoms with Crippen LogP contribution in [0.3, 0.4) is 0 Å². The Balaban J connectivity index is 1.70. The molecule has 3 unspecified atom stereocenters. The lowest BCUT2D eigenvalue weighted by Gasteiger charge is -2.31. The van der Waals surface area contributed by atoms with E-state index in [1.165, 1.54) is 5.56 Å². The van der Waals surface area contributed by atoms with Gasteiger partial charge in [0.1, 0.15) is 5.75 Å². The molecule has 1 fully saturated rings. The predicted molar refractivity (Wildman–Crippen MR) is 64.1 cm³/mol. The van der Waals surface area contributed by atoms with Crippen LogP contribution in [0.25, 0.3) is 0 Å². The first-order valence-corrected chi connectivity index (χ1v) is 6.31. The second-order valence-corrected chi connectivity index (χ2v) is 5.00. The van der Waals surface area contributed by atoms with E-state index in [0.717, 1.165) is 25.2 Å². The van der Waals surface area contributed by atoms with Crippen LogP contribution in [-0.4, -0.2) is 31.0 Å². The maximum Gasteiger partial charge on any atom is 0.122 e. The van der Waals surface area contributed by atoms with Crippen molar-refractivity contribution >= 4 is 0 Å². The molecule has 3 atom stereocenters. The molecule has 2 aliphatic heterocycles. The SMILES string of the molecule is OC(C1CCOC1)C1COc2ccccc2C1. The van der Waals surface area contributed by atoms with Crippen molar-refractivity contribution in [1.29, 1.82) is 0 Å². The smallest absolute Gasteiger partial charge is 0.122 e. The molecule has 0 radical (unpaired) electrons. The largest absolute Gasteiger partial charge is 0.493 e. The third kappa shape index (κ3) is 2.17. The minimum Gasteiger partial charge on any atom is -0.493 e. The van der Waals surface area contributed by atoms with Gasteiger partial charge >= 0.3 is 0 Å². The van der Waals surface area contributed by atoms with Gasteiger partial charge in [-0.3, -0.25) is 0 Å². The van der Waals surface area contributed by atoms with Gasteiger partial charge < -0.3 is 14.6 Å². The third-order valence-electron chi connectivity index (χ3n) is 3.84. The predicted octanol–water partition coefficient (Wildman–Crippen LogP) is 1.64. The van der Waals surface area contributed by atoms with Crippen molar-refractivity contribution < 1.29 is 14.6 Å². The molecule has 2 heterocycles. The number of rotatable bonds is 2. The highest BCUT2D eigenvalue weighted by Gasteiger charge is 2.33. The minimum absolute atomic E-state index is 0.205. The summed E-state index contributed by atoms with van der Waals surface area (Å²) in [5.41, 5.74) is 1.21. The molecule has 0 spiro atoms. The number of para-hydroxylation sites is 1. The molecule has 0 aromatic heterocycles. The van der Waals surface area contributed by atoms with Crippen molar-refractivity contribution in [1.82, 2.24) is 0 Å². The Morgan fingerprint density at radius 2 is 2.06 bits per heavy atom. The lowest BCUT2D eigenvalue weighted by atomic mass is 9.85. The molecular weight excluding hydrogens is 216 g/mol. The number of aliphatic hydroxyl groups is 1. The summed E-state index contributed by atoms with van der Waals surface area (Å²) < 4.78 is 11.1. The number of aliphatic hydroxyl groups excluding tert-OH is 1. The van der Waals surface area contributed by atoms with Crippen LogP contribution in [0.15, 0.2) is 24.3 Å². The van der Waals surface area contributed by atoms with Crippen LogP contribution < -0.4 is 4.74 Å². The van der Waals surface area contributed by atoms with Crippen molar-refractivity contribution in [3.63, 3.8) is 0 Å². The maximum absolute atomic E-state index is 10.3. The van der Waals surface area contributed by atoms with Crippen LogP contribution in [-0.2, 0) is 11.2 Å². The average molecular weight is 234 g/mol. The fourth-order valence-corrected chi connectivity index (χ4v) is 2.78. The van der Waals surface area contributed by atoms with E-state index in [1.54, 1.807) is 0 Å². The second-order valence-electron chi connectivity index (χ2n) is 5.00. The molecule has 92 valence electrons. The summed E-state index contributed by atoms with van der Waals surface area (Å²) in [5.74, 6) is 1.46. The van der Waals surface area contributed by atoms with E-state index < -0.39 is 0 Å². The number of benzene rings is 1. The van der Waals surface area contributed by atoms with Gasteiger partial charge in [-0.15, -0.1) is 0 Å². The fourth-order valence-electron chi connectivity index (χ4n) is 2.78. The molecule has 0 amide bonds. The standard InChI is InChI=1S/C14H18O3/c15-14(11-5-6-16-8-11)12-7-10-3-1-2-4-13(10)17-9-12/h1-4,11-12,14-15H,5-9H2. The van der Waals surface area contributed by atoms with E-state index in [4.69, 9.17) is 9.47 Å². The molecule has 0 bridgehead atoms. The van der Waals surface area contributed by atoms with Crippen LogP contribution in [0.4, 0.5) is 0 Å². The van der Waals surface area contributed by atoms with Gasteiger partial charge in [-0.2, -0.15) is 0 Å². The zero-order valence-corrected chi connectivity index (χ0v) is 9.84. The van der Waals surface area contributed by atoms with E-state index in [-0.39, 0.29) is 17.9 Å². The third-order valence-corrected chi connectivity index (χ3v) is 3.84. The van der Waals surface area contributed by atoms with Crippen molar-refractivity contribution in [2.75, 3.05) is 19.8 Å². The van der Waals surface area contributed by atoms with E-state index >= 15 is 0 Å². The van der Waals surface area contributed by atoms with Crippen molar-refractivity contribution in [2.24, 2.45) is 11.8 Å². The van der Waals surface area contributed by atoms with E-state index in [1.807, 2.05) is 18.2 Å². The van der Waals surface area contributed by atoms with Crippen LogP contribution in [0.2, 0.25) is 0 Å². The average Bonchev–Trinajstić information content (AvgIpc) is 2.91. The topological polar surface area (TPSA) is 38.7 Å². The van der Waals surface area contributed by atoms with E-state index in [0.29, 0.717) is 13.2 Å². The number of hydrogen-bond acceptors (Lipinski definition) is 3. The van der Waals surface area contributed by atoms with Gasteiger partial charge in [-0.1, -0.05) is 18.2 Å². The summed E-state index contributed by atoms with van der Waals surface area (Å²) >= 11 is 0. The van der Waals surface area contributed by atoms with Gasteiger partial charge in [0.05, 0.1) is 19.3 Å². The lowest BCUT2D eigenvalue weighted by molar-refractivity contribution is 0.0167. The Hall–Kier alpha value is -1.06. The Bertz CT molecular complexity index is 385. The van der Waals surface area contributed by atoms with Crippen LogP contribution in [0, 0.1) is 11.8 Å². The van der Waals surface area contributed by atoms with Crippen LogP contribution >= 0.6 is 0 Å². The normalized spacial score (nSPS) is 29.5. The molecule has 0 aliphatic carbocycles. The Kier molecular flexibility index (Phi) is 3.04. The molecule has 1 aromatic carbocycles.